The van der Waals surface area contributed by atoms with Crippen LogP contribution >= 0.6 is 0 Å². The van der Waals surface area contributed by atoms with E-state index in [2.05, 4.69) is 4.18 Å². The molecule has 1 saturated heterocycles. The van der Waals surface area contributed by atoms with Crippen molar-refractivity contribution in [2.45, 2.75) is 56.5 Å². The molecule has 1 heterocycles. The minimum atomic E-state index is -3.93. The first kappa shape index (κ1) is 16.9. The Labute approximate surface area is 137 Å². The topological polar surface area (TPSA) is 87.9 Å². The van der Waals surface area contributed by atoms with E-state index in [-0.39, 0.29) is 18.8 Å². The maximum atomic E-state index is 10.9. The largest absolute Gasteiger partial charge is 0.344 e. The molecule has 6 nitrogen and oxygen atoms in total. The summed E-state index contributed by atoms with van der Waals surface area (Å²) in [6.45, 7) is -0.00767. The van der Waals surface area contributed by atoms with Crippen LogP contribution in [0.1, 0.15) is 50.2 Å². The van der Waals surface area contributed by atoms with E-state index in [0.717, 1.165) is 31.2 Å². The van der Waals surface area contributed by atoms with Gasteiger partial charge in [0.1, 0.15) is 6.10 Å². The van der Waals surface area contributed by atoms with Gasteiger partial charge in [-0.15, -0.1) is 0 Å². The standard InChI is InChI=1S/C16H23NO5S/c17-23(18,19)20-12-9-14-15(13-7-3-1-4-8-13)22-16(21-14)10-5-2-6-11-16/h1,3-4,7-8,14-15H,2,5-6,9-12H2,(H2,17,18,19)/t14-,15-/m1/s1. The lowest BCUT2D eigenvalue weighted by Gasteiger charge is -2.32. The molecule has 1 spiro atoms. The normalized spacial score (nSPS) is 27.3. The first-order chi connectivity index (χ1) is 11.0. The van der Waals surface area contributed by atoms with Crippen molar-refractivity contribution in [3.63, 3.8) is 0 Å². The lowest BCUT2D eigenvalue weighted by atomic mass is 9.94. The summed E-state index contributed by atoms with van der Waals surface area (Å²) >= 11 is 0. The Bertz CT molecular complexity index is 613. The molecular formula is C16H23NO5S. The second-order valence-corrected chi connectivity index (χ2v) is 7.40. The van der Waals surface area contributed by atoms with Gasteiger partial charge in [-0.1, -0.05) is 36.8 Å². The van der Waals surface area contributed by atoms with E-state index >= 15 is 0 Å². The van der Waals surface area contributed by atoms with Crippen molar-refractivity contribution < 1.29 is 22.1 Å². The Morgan fingerprint density at radius 3 is 2.48 bits per heavy atom. The summed E-state index contributed by atoms with van der Waals surface area (Å²) in [5, 5.41) is 4.88. The van der Waals surface area contributed by atoms with Gasteiger partial charge in [-0.3, -0.25) is 4.18 Å². The third-order valence-corrected chi connectivity index (χ3v) is 4.93. The molecule has 0 bridgehead atoms. The Hall–Kier alpha value is -0.990. The minimum Gasteiger partial charge on any atom is -0.344 e. The van der Waals surface area contributed by atoms with Gasteiger partial charge < -0.3 is 9.47 Å². The molecule has 1 aliphatic heterocycles. The lowest BCUT2D eigenvalue weighted by molar-refractivity contribution is -0.195. The third-order valence-electron chi connectivity index (χ3n) is 4.44. The molecule has 1 aromatic rings. The zero-order chi connectivity index (χ0) is 16.3. The van der Waals surface area contributed by atoms with Gasteiger partial charge >= 0.3 is 10.3 Å². The van der Waals surface area contributed by atoms with Crippen molar-refractivity contribution in [2.75, 3.05) is 6.61 Å². The molecule has 3 rings (SSSR count). The quantitative estimate of drug-likeness (QED) is 0.888. The number of rotatable bonds is 5. The predicted octanol–water partition coefficient (Wildman–Crippen LogP) is 2.41. The summed E-state index contributed by atoms with van der Waals surface area (Å²) in [6.07, 6.45) is 5.09. The Morgan fingerprint density at radius 1 is 1.13 bits per heavy atom. The van der Waals surface area contributed by atoms with Gasteiger partial charge in [0.05, 0.1) is 12.7 Å². The maximum absolute atomic E-state index is 10.9. The highest BCUT2D eigenvalue weighted by Crippen LogP contribution is 2.46. The van der Waals surface area contributed by atoms with E-state index in [1.54, 1.807) is 0 Å². The predicted molar refractivity (Wildman–Crippen MR) is 84.6 cm³/mol. The van der Waals surface area contributed by atoms with Gasteiger partial charge in [-0.05, 0) is 18.4 Å². The third kappa shape index (κ3) is 4.30. The molecule has 1 aliphatic carbocycles. The number of hydrogen-bond acceptors (Lipinski definition) is 5. The average Bonchev–Trinajstić information content (AvgIpc) is 2.86. The Balaban J connectivity index is 1.73. The van der Waals surface area contributed by atoms with Crippen LogP contribution in [0.5, 0.6) is 0 Å². The monoisotopic (exact) mass is 341 g/mol. The van der Waals surface area contributed by atoms with Crippen molar-refractivity contribution in [3.8, 4) is 0 Å². The van der Waals surface area contributed by atoms with Crippen LogP contribution < -0.4 is 5.14 Å². The van der Waals surface area contributed by atoms with Gasteiger partial charge in [0.15, 0.2) is 5.79 Å². The SMILES string of the molecule is NS(=O)(=O)OCC[C@H]1OC2(CCCCC2)O[C@@H]1c1ccccc1. The second-order valence-electron chi connectivity index (χ2n) is 6.18. The molecule has 0 amide bonds. The smallest absolute Gasteiger partial charge is 0.333 e. The van der Waals surface area contributed by atoms with Crippen LogP contribution in [-0.4, -0.2) is 26.9 Å². The summed E-state index contributed by atoms with van der Waals surface area (Å²) in [5.74, 6) is -0.537. The molecule has 7 heteroatoms. The van der Waals surface area contributed by atoms with E-state index in [4.69, 9.17) is 14.6 Å². The van der Waals surface area contributed by atoms with Gasteiger partial charge in [0.2, 0.25) is 0 Å². The molecule has 23 heavy (non-hydrogen) atoms. The molecule has 0 unspecified atom stereocenters. The van der Waals surface area contributed by atoms with Crippen LogP contribution in [0.3, 0.4) is 0 Å². The fraction of sp³-hybridized carbons (Fsp3) is 0.625. The van der Waals surface area contributed by atoms with E-state index in [9.17, 15) is 8.42 Å². The van der Waals surface area contributed by atoms with Crippen molar-refractivity contribution in [1.82, 2.24) is 0 Å². The molecule has 1 aromatic carbocycles. The first-order valence-corrected chi connectivity index (χ1v) is 9.52. The Morgan fingerprint density at radius 2 is 1.83 bits per heavy atom. The lowest BCUT2D eigenvalue weighted by Crippen LogP contribution is -2.33. The highest BCUT2D eigenvalue weighted by atomic mass is 32.2. The van der Waals surface area contributed by atoms with Crippen LogP contribution in [0, 0.1) is 0 Å². The molecule has 0 radical (unpaired) electrons. The van der Waals surface area contributed by atoms with Crippen molar-refractivity contribution in [1.29, 1.82) is 0 Å². The number of ether oxygens (including phenoxy) is 2. The van der Waals surface area contributed by atoms with E-state index in [0.29, 0.717) is 6.42 Å². The van der Waals surface area contributed by atoms with Crippen molar-refractivity contribution in [2.24, 2.45) is 5.14 Å². The van der Waals surface area contributed by atoms with Crippen molar-refractivity contribution in [3.05, 3.63) is 35.9 Å². The fourth-order valence-corrected chi connectivity index (χ4v) is 3.74. The molecule has 128 valence electrons. The fourth-order valence-electron chi connectivity index (χ4n) is 3.42. The molecule has 1 saturated carbocycles. The maximum Gasteiger partial charge on any atom is 0.333 e. The highest BCUT2D eigenvalue weighted by Gasteiger charge is 2.48. The summed E-state index contributed by atoms with van der Waals surface area (Å²) in [4.78, 5) is 0. The molecular weight excluding hydrogens is 318 g/mol. The van der Waals surface area contributed by atoms with Gasteiger partial charge in [-0.25, -0.2) is 5.14 Å². The van der Waals surface area contributed by atoms with Crippen LogP contribution in [0.15, 0.2) is 30.3 Å². The zero-order valence-electron chi connectivity index (χ0n) is 13.0. The molecule has 2 fully saturated rings. The van der Waals surface area contributed by atoms with Gasteiger partial charge in [-0.2, -0.15) is 8.42 Å². The second kappa shape index (κ2) is 6.86. The summed E-state index contributed by atoms with van der Waals surface area (Å²) in [5.41, 5.74) is 1.04. The summed E-state index contributed by atoms with van der Waals surface area (Å²) in [7, 11) is -3.93. The van der Waals surface area contributed by atoms with Crippen LogP contribution in [0.4, 0.5) is 0 Å². The molecule has 2 N–H and O–H groups in total. The van der Waals surface area contributed by atoms with Crippen molar-refractivity contribution >= 4 is 10.3 Å². The summed E-state index contributed by atoms with van der Waals surface area (Å²) < 4.78 is 39.1. The molecule has 2 atom stereocenters. The minimum absolute atomic E-state index is 0.00767. The average molecular weight is 341 g/mol. The van der Waals surface area contributed by atoms with Crippen LogP contribution in [0.2, 0.25) is 0 Å². The Kier molecular flexibility index (Phi) is 5.03. The summed E-state index contributed by atoms with van der Waals surface area (Å²) in [6, 6.07) is 9.88. The van der Waals surface area contributed by atoms with E-state index < -0.39 is 16.1 Å². The highest BCUT2D eigenvalue weighted by molar-refractivity contribution is 7.84. The van der Waals surface area contributed by atoms with Gasteiger partial charge in [0, 0.05) is 19.3 Å². The number of hydrogen-bond donors (Lipinski definition) is 1. The first-order valence-electron chi connectivity index (χ1n) is 8.05. The number of nitrogens with two attached hydrogens (primary N) is 1. The zero-order valence-corrected chi connectivity index (χ0v) is 13.8. The van der Waals surface area contributed by atoms with Gasteiger partial charge in [0.25, 0.3) is 0 Å². The molecule has 2 aliphatic rings. The van der Waals surface area contributed by atoms with Crippen LogP contribution in [-0.2, 0) is 24.0 Å². The van der Waals surface area contributed by atoms with E-state index in [1.807, 2.05) is 30.3 Å². The van der Waals surface area contributed by atoms with E-state index in [1.165, 1.54) is 6.42 Å². The molecule has 0 aromatic heterocycles. The van der Waals surface area contributed by atoms with Crippen LogP contribution in [0.25, 0.3) is 0 Å². The number of benzene rings is 1.